The van der Waals surface area contributed by atoms with E-state index in [1.807, 2.05) is 0 Å². The maximum absolute atomic E-state index is 4.84. The Morgan fingerprint density at radius 2 is 1.16 bits per heavy atom. The van der Waals surface area contributed by atoms with Crippen LogP contribution in [-0.4, -0.2) is 30.3 Å². The first-order valence-electron chi connectivity index (χ1n) is 14.9. The van der Waals surface area contributed by atoms with Gasteiger partial charge in [0.2, 0.25) is 0 Å². The minimum absolute atomic E-state index is 0.0619. The molecule has 0 fully saturated rings. The van der Waals surface area contributed by atoms with E-state index in [9.17, 15) is 0 Å². The van der Waals surface area contributed by atoms with Crippen molar-refractivity contribution < 1.29 is 0 Å². The lowest BCUT2D eigenvalue weighted by Gasteiger charge is -2.44. The van der Waals surface area contributed by atoms with E-state index in [2.05, 4.69) is 155 Å². The normalized spacial score (nSPS) is 14.1. The Balaban J connectivity index is 1.31. The summed E-state index contributed by atoms with van der Waals surface area (Å²) < 4.78 is 2.07. The second kappa shape index (κ2) is 8.89. The molecule has 0 radical (unpaired) electrons. The van der Waals surface area contributed by atoms with Gasteiger partial charge in [0.05, 0.1) is 29.4 Å². The van der Waals surface area contributed by atoms with Gasteiger partial charge in [0.1, 0.15) is 0 Å². The molecule has 0 saturated carbocycles. The first kappa shape index (κ1) is 24.4. The summed E-state index contributed by atoms with van der Waals surface area (Å²) in [5.74, 6) is 0. The summed E-state index contributed by atoms with van der Waals surface area (Å²) in [6, 6.07) is 42.5. The minimum atomic E-state index is 0.0619. The average molecular weight is 555 g/mol. The molecule has 0 unspecified atom stereocenters. The van der Waals surface area contributed by atoms with Crippen LogP contribution < -0.4 is 25.5 Å². The Morgan fingerprint density at radius 1 is 0.581 bits per heavy atom. The molecule has 1 aromatic heterocycles. The van der Waals surface area contributed by atoms with Crippen molar-refractivity contribution in [1.29, 1.82) is 0 Å². The van der Waals surface area contributed by atoms with Crippen LogP contribution in [0.4, 0.5) is 28.4 Å². The summed E-state index contributed by atoms with van der Waals surface area (Å²) in [6.45, 7) is 5.06. The highest BCUT2D eigenvalue weighted by Gasteiger charge is 2.42. The number of hydrogen-bond donors (Lipinski definition) is 0. The Hall–Kier alpha value is -5.23. The van der Waals surface area contributed by atoms with Crippen molar-refractivity contribution in [2.24, 2.45) is 0 Å². The van der Waals surface area contributed by atoms with Gasteiger partial charge in [-0.15, -0.1) is 0 Å². The number of aryl methyl sites for hydroxylation is 2. The van der Waals surface area contributed by atoms with E-state index >= 15 is 0 Å². The standard InChI is InChI=1S/C37H30BN5/c1-24-20-25(2)43(39-24)27-17-19-31-29-11-5-7-13-33(29)38-32-12-6-4-10-28(32)30-18-16-26(21-36(30)42(38)37(31)22-27)41-23-40(3)34-14-8-9-15-35(34)41/h4-22H,23H2,1-3H3. The lowest BCUT2D eigenvalue weighted by Crippen LogP contribution is -2.59. The zero-order valence-corrected chi connectivity index (χ0v) is 24.5. The van der Waals surface area contributed by atoms with Crippen LogP contribution in [0.25, 0.3) is 27.9 Å². The second-order valence-electron chi connectivity index (χ2n) is 11.9. The van der Waals surface area contributed by atoms with Crippen molar-refractivity contribution >= 4 is 46.2 Å². The summed E-state index contributed by atoms with van der Waals surface area (Å²) in [5.41, 5.74) is 17.2. The van der Waals surface area contributed by atoms with Crippen LogP contribution >= 0.6 is 0 Å². The Labute approximate surface area is 252 Å². The van der Waals surface area contributed by atoms with Crippen molar-refractivity contribution in [2.45, 2.75) is 13.8 Å². The zero-order valence-electron chi connectivity index (χ0n) is 24.5. The summed E-state index contributed by atoms with van der Waals surface area (Å²) in [6.07, 6.45) is 0. The molecule has 0 N–H and O–H groups in total. The van der Waals surface area contributed by atoms with Crippen molar-refractivity contribution in [1.82, 2.24) is 9.78 Å². The van der Waals surface area contributed by atoms with E-state index in [-0.39, 0.29) is 6.85 Å². The molecule has 3 aliphatic heterocycles. The van der Waals surface area contributed by atoms with E-state index in [1.165, 1.54) is 61.6 Å². The molecule has 43 heavy (non-hydrogen) atoms. The van der Waals surface area contributed by atoms with E-state index in [0.717, 1.165) is 23.7 Å². The smallest absolute Gasteiger partial charge is 0.329 e. The van der Waals surface area contributed by atoms with Crippen LogP contribution in [0, 0.1) is 13.8 Å². The fourth-order valence-electron chi connectivity index (χ4n) is 7.50. The van der Waals surface area contributed by atoms with E-state index < -0.39 is 0 Å². The number of nitrogens with zero attached hydrogens (tertiary/aromatic N) is 5. The number of para-hydroxylation sites is 2. The van der Waals surface area contributed by atoms with Gasteiger partial charge in [-0.1, -0.05) is 72.8 Å². The highest BCUT2D eigenvalue weighted by molar-refractivity contribution is 6.92. The fourth-order valence-corrected chi connectivity index (χ4v) is 7.50. The third-order valence-electron chi connectivity index (χ3n) is 9.33. The molecule has 9 rings (SSSR count). The fraction of sp³-hybridized carbons (Fsp3) is 0.108. The summed E-state index contributed by atoms with van der Waals surface area (Å²) in [4.78, 5) is 7.33. The lowest BCUT2D eigenvalue weighted by atomic mass is 9.43. The van der Waals surface area contributed by atoms with Crippen molar-refractivity contribution in [3.05, 3.63) is 127 Å². The number of aromatic nitrogens is 2. The molecule has 0 aliphatic carbocycles. The number of rotatable bonds is 2. The van der Waals surface area contributed by atoms with Gasteiger partial charge in [0.25, 0.3) is 0 Å². The third kappa shape index (κ3) is 3.44. The van der Waals surface area contributed by atoms with Gasteiger partial charge >= 0.3 is 6.85 Å². The molecule has 0 saturated heterocycles. The predicted molar refractivity (Wildman–Crippen MR) is 179 cm³/mol. The SMILES string of the molecule is Cc1cc(C)n(-c2ccc3c(c2)N2B(c4ccccc4-c4ccc(N5CN(C)c6ccccc65)cc42)c2ccccc2-3)n1. The van der Waals surface area contributed by atoms with Crippen LogP contribution in [0.15, 0.2) is 115 Å². The monoisotopic (exact) mass is 555 g/mol. The van der Waals surface area contributed by atoms with E-state index in [1.54, 1.807) is 0 Å². The quantitative estimate of drug-likeness (QED) is 0.217. The lowest BCUT2D eigenvalue weighted by molar-refractivity contribution is 0.834. The maximum Gasteiger partial charge on any atom is 0.329 e. The van der Waals surface area contributed by atoms with Gasteiger partial charge in [-0.25, -0.2) is 4.68 Å². The molecule has 0 spiro atoms. The van der Waals surface area contributed by atoms with Gasteiger partial charge < -0.3 is 14.6 Å². The zero-order chi connectivity index (χ0) is 28.8. The Morgan fingerprint density at radius 3 is 1.81 bits per heavy atom. The molecule has 206 valence electrons. The van der Waals surface area contributed by atoms with Gasteiger partial charge in [-0.2, -0.15) is 5.10 Å². The van der Waals surface area contributed by atoms with Crippen molar-refractivity contribution in [2.75, 3.05) is 28.3 Å². The van der Waals surface area contributed by atoms with Crippen LogP contribution in [-0.2, 0) is 0 Å². The molecule has 6 heteroatoms. The second-order valence-corrected chi connectivity index (χ2v) is 11.9. The molecule has 5 aromatic carbocycles. The van der Waals surface area contributed by atoms with E-state index in [0.29, 0.717) is 0 Å². The molecular formula is C37H30BN5. The molecule has 6 aromatic rings. The number of benzene rings is 5. The van der Waals surface area contributed by atoms with Crippen LogP contribution in [0.2, 0.25) is 0 Å². The Bertz CT molecular complexity index is 2100. The highest BCUT2D eigenvalue weighted by atomic mass is 15.4. The number of fused-ring (bicyclic) bond motifs is 12. The first-order chi connectivity index (χ1) is 21.1. The molecule has 0 amide bonds. The van der Waals surface area contributed by atoms with E-state index in [4.69, 9.17) is 5.10 Å². The predicted octanol–water partition coefficient (Wildman–Crippen LogP) is 6.94. The summed E-state index contributed by atoms with van der Waals surface area (Å²) in [5, 5.41) is 4.84. The van der Waals surface area contributed by atoms with Crippen LogP contribution in [0.3, 0.4) is 0 Å². The van der Waals surface area contributed by atoms with Gasteiger partial charge in [-0.05, 0) is 78.4 Å². The van der Waals surface area contributed by atoms with Crippen molar-refractivity contribution in [3.8, 4) is 27.9 Å². The average Bonchev–Trinajstić information content (AvgIpc) is 3.57. The molecular weight excluding hydrogens is 525 g/mol. The molecule has 5 nitrogen and oxygen atoms in total. The van der Waals surface area contributed by atoms with Gasteiger partial charge in [0.15, 0.2) is 0 Å². The Kier molecular flexibility index (Phi) is 5.04. The number of anilines is 5. The van der Waals surface area contributed by atoms with Crippen molar-refractivity contribution in [3.63, 3.8) is 0 Å². The first-order valence-corrected chi connectivity index (χ1v) is 14.9. The highest BCUT2D eigenvalue weighted by Crippen LogP contribution is 2.49. The topological polar surface area (TPSA) is 27.5 Å². The number of hydrogen-bond acceptors (Lipinski definition) is 4. The molecule has 4 heterocycles. The molecule has 0 atom stereocenters. The maximum atomic E-state index is 4.84. The van der Waals surface area contributed by atoms with Gasteiger partial charge in [-0.3, -0.25) is 0 Å². The van der Waals surface area contributed by atoms with Crippen LogP contribution in [0.1, 0.15) is 11.4 Å². The molecule has 0 bridgehead atoms. The minimum Gasteiger partial charge on any atom is -0.376 e. The van der Waals surface area contributed by atoms with Crippen LogP contribution in [0.5, 0.6) is 0 Å². The summed E-state index contributed by atoms with van der Waals surface area (Å²) in [7, 11) is 2.17. The third-order valence-corrected chi connectivity index (χ3v) is 9.33. The summed E-state index contributed by atoms with van der Waals surface area (Å²) >= 11 is 0. The van der Waals surface area contributed by atoms with Gasteiger partial charge in [0, 0.05) is 40.9 Å². The largest absolute Gasteiger partial charge is 0.376 e. The molecule has 3 aliphatic rings.